The monoisotopic (exact) mass is 541 g/mol. The van der Waals surface area contributed by atoms with Crippen molar-refractivity contribution in [3.63, 3.8) is 0 Å². The Morgan fingerprint density at radius 2 is 1.61 bits per heavy atom. The van der Waals surface area contributed by atoms with Crippen molar-refractivity contribution in [3.8, 4) is 5.69 Å². The second-order valence-electron chi connectivity index (χ2n) is 9.44. The van der Waals surface area contributed by atoms with Crippen LogP contribution in [0.5, 0.6) is 0 Å². The molecule has 1 aliphatic carbocycles. The SMILES string of the molecule is CC(=O)N(c1ccc(C(=O)O)cc1F)C1(c2c3cc(F)c(F)cc3nn2-c2ccc(Cl)cc2)CCCCC1. The number of hydrogen-bond donors (Lipinski definition) is 1. The van der Waals surface area contributed by atoms with Crippen LogP contribution in [-0.4, -0.2) is 26.8 Å². The van der Waals surface area contributed by atoms with Crippen LogP contribution < -0.4 is 4.90 Å². The van der Waals surface area contributed by atoms with Crippen molar-refractivity contribution in [1.29, 1.82) is 0 Å². The fourth-order valence-electron chi connectivity index (χ4n) is 5.52. The summed E-state index contributed by atoms with van der Waals surface area (Å²) in [7, 11) is 0. The van der Waals surface area contributed by atoms with Crippen LogP contribution in [0.2, 0.25) is 5.02 Å². The van der Waals surface area contributed by atoms with Gasteiger partial charge in [-0.2, -0.15) is 5.10 Å². The molecule has 0 aliphatic heterocycles. The van der Waals surface area contributed by atoms with Gasteiger partial charge in [0.15, 0.2) is 11.6 Å². The lowest BCUT2D eigenvalue weighted by molar-refractivity contribution is -0.118. The third-order valence-electron chi connectivity index (χ3n) is 7.08. The highest BCUT2D eigenvalue weighted by Gasteiger charge is 2.47. The fourth-order valence-corrected chi connectivity index (χ4v) is 5.65. The molecule has 4 aromatic rings. The maximum Gasteiger partial charge on any atom is 0.335 e. The number of aromatic nitrogens is 2. The summed E-state index contributed by atoms with van der Waals surface area (Å²) in [6.45, 7) is 1.30. The van der Waals surface area contributed by atoms with Gasteiger partial charge in [-0.3, -0.25) is 9.69 Å². The number of anilines is 1. The molecule has 1 aromatic heterocycles. The zero-order valence-electron chi connectivity index (χ0n) is 20.3. The van der Waals surface area contributed by atoms with E-state index < -0.39 is 34.9 Å². The number of fused-ring (bicyclic) bond motifs is 1. The normalized spacial score (nSPS) is 15.0. The number of carboxylic acids is 1. The summed E-state index contributed by atoms with van der Waals surface area (Å²) in [6, 6.07) is 12.1. The Bertz CT molecular complexity index is 1560. The van der Waals surface area contributed by atoms with Crippen LogP contribution >= 0.6 is 11.6 Å². The number of hydrogen-bond acceptors (Lipinski definition) is 3. The average molecular weight is 542 g/mol. The lowest BCUT2D eigenvalue weighted by Gasteiger charge is -2.46. The molecule has 1 heterocycles. The van der Waals surface area contributed by atoms with Crippen molar-refractivity contribution in [3.05, 3.63) is 88.3 Å². The van der Waals surface area contributed by atoms with E-state index in [0.29, 0.717) is 42.1 Å². The van der Waals surface area contributed by atoms with E-state index in [1.54, 1.807) is 24.3 Å². The molecule has 0 radical (unpaired) electrons. The number of amides is 1. The molecular formula is C28H23ClF3N3O3. The van der Waals surface area contributed by atoms with Crippen LogP contribution in [0.15, 0.2) is 54.6 Å². The summed E-state index contributed by atoms with van der Waals surface area (Å²) in [5, 5.41) is 14.7. The third-order valence-corrected chi connectivity index (χ3v) is 7.34. The summed E-state index contributed by atoms with van der Waals surface area (Å²) in [4.78, 5) is 26.1. The summed E-state index contributed by atoms with van der Waals surface area (Å²) in [5.74, 6) is -4.83. The lowest BCUT2D eigenvalue weighted by Crippen LogP contribution is -2.52. The highest BCUT2D eigenvalue weighted by atomic mass is 35.5. The lowest BCUT2D eigenvalue weighted by atomic mass is 9.76. The predicted molar refractivity (Wildman–Crippen MR) is 137 cm³/mol. The molecular weight excluding hydrogens is 519 g/mol. The Morgan fingerprint density at radius 1 is 0.947 bits per heavy atom. The van der Waals surface area contributed by atoms with Crippen molar-refractivity contribution < 1.29 is 27.9 Å². The standard InChI is InChI=1S/C28H23ClF3N3O3/c1-16(36)34(25-10-5-17(27(37)38)13-23(25)32)28(11-3-2-4-12-28)26-20-14-21(30)22(31)15-24(20)33-35(26)19-8-6-18(29)7-9-19/h5-10,13-15H,2-4,11-12H2,1H3,(H,37,38). The molecule has 6 nitrogen and oxygen atoms in total. The van der Waals surface area contributed by atoms with Crippen molar-refractivity contribution >= 4 is 40.1 Å². The Morgan fingerprint density at radius 3 is 2.21 bits per heavy atom. The summed E-state index contributed by atoms with van der Waals surface area (Å²) in [5.41, 5.74) is -0.453. The minimum Gasteiger partial charge on any atom is -0.478 e. The van der Waals surface area contributed by atoms with Gasteiger partial charge in [0.1, 0.15) is 5.82 Å². The Hall–Kier alpha value is -3.85. The molecule has 10 heteroatoms. The highest BCUT2D eigenvalue weighted by Crippen LogP contribution is 2.48. The molecule has 5 rings (SSSR count). The van der Waals surface area contributed by atoms with E-state index in [0.717, 1.165) is 24.6 Å². The molecule has 1 aliphatic rings. The van der Waals surface area contributed by atoms with E-state index in [2.05, 4.69) is 5.10 Å². The van der Waals surface area contributed by atoms with E-state index in [1.807, 2.05) is 0 Å². The fraction of sp³-hybridized carbons (Fsp3) is 0.250. The Labute approximate surface area is 221 Å². The molecule has 1 saturated carbocycles. The van der Waals surface area contributed by atoms with E-state index in [9.17, 15) is 23.5 Å². The van der Waals surface area contributed by atoms with Gasteiger partial charge in [-0.15, -0.1) is 0 Å². The van der Waals surface area contributed by atoms with Gasteiger partial charge in [-0.05, 0) is 61.4 Å². The van der Waals surface area contributed by atoms with Crippen LogP contribution in [0.4, 0.5) is 18.9 Å². The molecule has 38 heavy (non-hydrogen) atoms. The quantitative estimate of drug-likeness (QED) is 0.295. The van der Waals surface area contributed by atoms with Gasteiger partial charge in [-0.25, -0.2) is 22.6 Å². The third kappa shape index (κ3) is 4.30. The summed E-state index contributed by atoms with van der Waals surface area (Å²) < 4.78 is 45.9. The minimum atomic E-state index is -1.30. The molecule has 0 saturated heterocycles. The van der Waals surface area contributed by atoms with Crippen LogP contribution in [0.25, 0.3) is 16.6 Å². The van der Waals surface area contributed by atoms with E-state index >= 15 is 4.39 Å². The molecule has 1 fully saturated rings. The summed E-state index contributed by atoms with van der Waals surface area (Å²) >= 11 is 6.09. The van der Waals surface area contributed by atoms with Gasteiger partial charge in [-0.1, -0.05) is 30.9 Å². The van der Waals surface area contributed by atoms with E-state index in [4.69, 9.17) is 11.6 Å². The largest absolute Gasteiger partial charge is 0.478 e. The maximum atomic E-state index is 15.5. The van der Waals surface area contributed by atoms with Crippen LogP contribution in [0.1, 0.15) is 55.1 Å². The minimum absolute atomic E-state index is 0.107. The van der Waals surface area contributed by atoms with Gasteiger partial charge in [0, 0.05) is 23.4 Å². The number of benzene rings is 3. The Balaban J connectivity index is 1.85. The first kappa shape index (κ1) is 25.8. The zero-order valence-corrected chi connectivity index (χ0v) is 21.1. The maximum absolute atomic E-state index is 15.5. The second-order valence-corrected chi connectivity index (χ2v) is 9.87. The van der Waals surface area contributed by atoms with Gasteiger partial charge in [0.25, 0.3) is 0 Å². The zero-order chi connectivity index (χ0) is 27.2. The number of carbonyl (C=O) groups is 2. The van der Waals surface area contributed by atoms with Crippen molar-refractivity contribution in [2.24, 2.45) is 0 Å². The van der Waals surface area contributed by atoms with E-state index in [1.165, 1.54) is 28.6 Å². The van der Waals surface area contributed by atoms with Gasteiger partial charge in [0.05, 0.1) is 33.7 Å². The van der Waals surface area contributed by atoms with Crippen molar-refractivity contribution in [1.82, 2.24) is 9.78 Å². The first-order valence-corrected chi connectivity index (χ1v) is 12.5. The number of carbonyl (C=O) groups excluding carboxylic acids is 1. The van der Waals surface area contributed by atoms with Crippen LogP contribution in [0.3, 0.4) is 0 Å². The van der Waals surface area contributed by atoms with Crippen molar-refractivity contribution in [2.75, 3.05) is 4.90 Å². The average Bonchev–Trinajstić information content (AvgIpc) is 3.24. The summed E-state index contributed by atoms with van der Waals surface area (Å²) in [6.07, 6.45) is 3.00. The van der Waals surface area contributed by atoms with E-state index in [-0.39, 0.29) is 22.2 Å². The van der Waals surface area contributed by atoms with Gasteiger partial charge >= 0.3 is 5.97 Å². The number of halogens is 4. The second kappa shape index (κ2) is 9.79. The number of rotatable bonds is 5. The smallest absolute Gasteiger partial charge is 0.335 e. The van der Waals surface area contributed by atoms with Gasteiger partial charge < -0.3 is 5.11 Å². The molecule has 0 bridgehead atoms. The number of carboxylic acid groups (broad SMARTS) is 1. The topological polar surface area (TPSA) is 75.4 Å². The molecule has 0 atom stereocenters. The first-order valence-electron chi connectivity index (χ1n) is 12.1. The first-order chi connectivity index (χ1) is 18.1. The highest BCUT2D eigenvalue weighted by molar-refractivity contribution is 6.30. The number of nitrogens with zero attached hydrogens (tertiary/aromatic N) is 3. The predicted octanol–water partition coefficient (Wildman–Crippen LogP) is 7.01. The van der Waals surface area contributed by atoms with Crippen LogP contribution in [0, 0.1) is 17.5 Å². The van der Waals surface area contributed by atoms with Crippen molar-refractivity contribution in [2.45, 2.75) is 44.6 Å². The number of aromatic carboxylic acids is 1. The van der Waals surface area contributed by atoms with Crippen LogP contribution in [-0.2, 0) is 10.3 Å². The molecule has 196 valence electrons. The molecule has 1 N–H and O–H groups in total. The molecule has 0 unspecified atom stereocenters. The Kier molecular flexibility index (Phi) is 6.65. The molecule has 3 aromatic carbocycles. The molecule has 1 amide bonds. The van der Waals surface area contributed by atoms with Gasteiger partial charge in [0.2, 0.25) is 5.91 Å². The molecule has 0 spiro atoms.